The summed E-state index contributed by atoms with van der Waals surface area (Å²) in [4.78, 5) is 56.4. The van der Waals surface area contributed by atoms with E-state index in [0.29, 0.717) is 33.7 Å². The molecular formula is C30H26BrN9O3. The maximum atomic E-state index is 13.7. The average Bonchev–Trinajstić information content (AvgIpc) is 3.70. The third-order valence-corrected chi connectivity index (χ3v) is 8.54. The summed E-state index contributed by atoms with van der Waals surface area (Å²) >= 11 is 3.30. The SMILES string of the molecule is NC(=O)c1nn(CC(=O)N2[C@@H]3C#C[C@@H]3C[C@H]2C(=O)Nc2cccc(Br)n2)c2ccc(-c3cnc(N4CCCC4)nc3)cc12. The van der Waals surface area contributed by atoms with Crippen LogP contribution in [0.25, 0.3) is 22.0 Å². The first kappa shape index (κ1) is 27.0. The minimum absolute atomic E-state index is 0.0528. The Morgan fingerprint density at radius 3 is 2.53 bits per heavy atom. The Morgan fingerprint density at radius 1 is 1.05 bits per heavy atom. The molecule has 2 saturated heterocycles. The fourth-order valence-electron chi connectivity index (χ4n) is 5.95. The van der Waals surface area contributed by atoms with Gasteiger partial charge in [0.1, 0.15) is 29.0 Å². The van der Waals surface area contributed by atoms with Crippen LogP contribution in [0.3, 0.4) is 0 Å². The van der Waals surface area contributed by atoms with Crippen molar-refractivity contribution >= 4 is 56.3 Å². The van der Waals surface area contributed by atoms with Crippen LogP contribution in [0.15, 0.2) is 53.4 Å². The number of pyridine rings is 1. The summed E-state index contributed by atoms with van der Waals surface area (Å²) in [5, 5.41) is 7.73. The van der Waals surface area contributed by atoms with Gasteiger partial charge in [-0.1, -0.05) is 24.0 Å². The number of amides is 3. The summed E-state index contributed by atoms with van der Waals surface area (Å²) < 4.78 is 2.04. The predicted molar refractivity (Wildman–Crippen MR) is 162 cm³/mol. The number of carbonyl (C=O) groups is 3. The lowest BCUT2D eigenvalue weighted by Crippen LogP contribution is -2.49. The van der Waals surface area contributed by atoms with E-state index in [1.807, 2.05) is 12.1 Å². The zero-order valence-electron chi connectivity index (χ0n) is 22.9. The number of benzene rings is 1. The molecule has 0 saturated carbocycles. The zero-order valence-corrected chi connectivity index (χ0v) is 24.5. The van der Waals surface area contributed by atoms with E-state index in [4.69, 9.17) is 5.73 Å². The Labute approximate surface area is 254 Å². The van der Waals surface area contributed by atoms with Crippen LogP contribution in [0.5, 0.6) is 0 Å². The lowest BCUT2D eigenvalue weighted by atomic mass is 9.92. The largest absolute Gasteiger partial charge is 0.364 e. The van der Waals surface area contributed by atoms with Gasteiger partial charge in [0.05, 0.1) is 11.4 Å². The van der Waals surface area contributed by atoms with Crippen LogP contribution in [-0.4, -0.2) is 72.5 Å². The molecule has 0 radical (unpaired) electrons. The molecule has 0 bridgehead atoms. The molecule has 13 heteroatoms. The number of hydrogen-bond acceptors (Lipinski definition) is 8. The molecule has 3 aliphatic rings. The molecule has 43 heavy (non-hydrogen) atoms. The summed E-state index contributed by atoms with van der Waals surface area (Å²) in [6, 6.07) is 9.58. The van der Waals surface area contributed by atoms with Gasteiger partial charge in [-0.3, -0.25) is 19.1 Å². The third-order valence-electron chi connectivity index (χ3n) is 8.10. The minimum Gasteiger partial charge on any atom is -0.364 e. The van der Waals surface area contributed by atoms with Gasteiger partial charge in [0.2, 0.25) is 17.8 Å². The van der Waals surface area contributed by atoms with Crippen LogP contribution in [0.2, 0.25) is 0 Å². The molecule has 0 spiro atoms. The molecule has 3 amide bonds. The molecule has 5 heterocycles. The van der Waals surface area contributed by atoms with Crippen molar-refractivity contribution in [3.63, 3.8) is 0 Å². The standard InChI is InChI=1S/C30H26BrN9O3/c31-24-4-3-5-25(35-24)36-29(43)23-13-18-7-8-21(18)40(23)26(41)16-39-22-9-6-17(12-20(22)27(37-39)28(32)42)19-14-33-30(34-15-19)38-10-1-2-11-38/h3-6,9,12,14-15,18,21,23H,1-2,10-11,13,16H2,(H2,32,42)(H,35,36,43)/t18-,21-,23+/m1/s1. The summed E-state index contributed by atoms with van der Waals surface area (Å²) in [7, 11) is 0. The van der Waals surface area contributed by atoms with E-state index in [0.717, 1.165) is 37.1 Å². The molecule has 1 aromatic carbocycles. The van der Waals surface area contributed by atoms with Gasteiger partial charge in [0, 0.05) is 36.4 Å². The normalized spacial score (nSPS) is 20.3. The quantitative estimate of drug-likeness (QED) is 0.231. The molecule has 4 aromatic rings. The zero-order chi connectivity index (χ0) is 29.7. The highest BCUT2D eigenvalue weighted by molar-refractivity contribution is 9.10. The number of aromatic nitrogens is 5. The molecule has 3 aromatic heterocycles. The Morgan fingerprint density at radius 2 is 1.84 bits per heavy atom. The van der Waals surface area contributed by atoms with Crippen LogP contribution in [0, 0.1) is 17.8 Å². The summed E-state index contributed by atoms with van der Waals surface area (Å²) in [6.45, 7) is 1.70. The van der Waals surface area contributed by atoms with E-state index < -0.39 is 11.9 Å². The maximum Gasteiger partial charge on any atom is 0.269 e. The second-order valence-electron chi connectivity index (χ2n) is 10.8. The van der Waals surface area contributed by atoms with Gasteiger partial charge in [0.25, 0.3) is 5.91 Å². The van der Waals surface area contributed by atoms with Crippen molar-refractivity contribution in [2.45, 2.75) is 37.9 Å². The molecule has 0 unspecified atom stereocenters. The van der Waals surface area contributed by atoms with Crippen molar-refractivity contribution in [2.75, 3.05) is 23.3 Å². The average molecular weight is 641 g/mol. The van der Waals surface area contributed by atoms with E-state index >= 15 is 0 Å². The van der Waals surface area contributed by atoms with Gasteiger partial charge >= 0.3 is 0 Å². The first-order chi connectivity index (χ1) is 20.9. The lowest BCUT2D eigenvalue weighted by Gasteiger charge is -2.29. The number of carbonyl (C=O) groups excluding carboxylic acids is 3. The van der Waals surface area contributed by atoms with E-state index in [1.165, 1.54) is 9.58 Å². The fourth-order valence-corrected chi connectivity index (χ4v) is 6.29. The summed E-state index contributed by atoms with van der Waals surface area (Å²) in [5.41, 5.74) is 7.89. The van der Waals surface area contributed by atoms with Crippen LogP contribution >= 0.6 is 15.9 Å². The maximum absolute atomic E-state index is 13.7. The molecule has 12 nitrogen and oxygen atoms in total. The van der Waals surface area contributed by atoms with Crippen molar-refractivity contribution in [1.82, 2.24) is 29.6 Å². The van der Waals surface area contributed by atoms with E-state index in [2.05, 4.69) is 58.0 Å². The highest BCUT2D eigenvalue weighted by Gasteiger charge is 2.48. The molecule has 1 aliphatic carbocycles. The molecule has 3 N–H and O–H groups in total. The summed E-state index contributed by atoms with van der Waals surface area (Å²) in [5.74, 6) is 5.70. The van der Waals surface area contributed by atoms with Gasteiger partial charge in [-0.05, 0) is 65.0 Å². The molecular weight excluding hydrogens is 614 g/mol. The summed E-state index contributed by atoms with van der Waals surface area (Å²) in [6.07, 6.45) is 6.22. The Kier molecular flexibility index (Phi) is 6.78. The highest BCUT2D eigenvalue weighted by atomic mass is 79.9. The Hall–Kier alpha value is -4.83. The monoisotopic (exact) mass is 639 g/mol. The number of hydrogen-bond donors (Lipinski definition) is 2. The number of nitrogens with two attached hydrogens (primary N) is 1. The minimum atomic E-state index is -0.738. The number of likely N-dealkylation sites (tertiary alicyclic amines) is 1. The van der Waals surface area contributed by atoms with Crippen molar-refractivity contribution in [1.29, 1.82) is 0 Å². The van der Waals surface area contributed by atoms with Crippen LogP contribution in [0.1, 0.15) is 29.8 Å². The number of primary amides is 1. The van der Waals surface area contributed by atoms with Crippen molar-refractivity contribution in [2.24, 2.45) is 11.7 Å². The van der Waals surface area contributed by atoms with Crippen LogP contribution in [-0.2, 0) is 16.1 Å². The molecule has 216 valence electrons. The Bertz CT molecular complexity index is 1840. The Balaban J connectivity index is 1.15. The van der Waals surface area contributed by atoms with Gasteiger partial charge in [-0.2, -0.15) is 5.10 Å². The second kappa shape index (κ2) is 10.8. The molecule has 7 rings (SSSR count). The number of anilines is 2. The fraction of sp³-hybridized carbons (Fsp3) is 0.300. The van der Waals surface area contributed by atoms with E-state index in [1.54, 1.807) is 36.7 Å². The third kappa shape index (κ3) is 4.97. The number of nitrogens with one attached hydrogen (secondary N) is 1. The first-order valence-electron chi connectivity index (χ1n) is 14.0. The van der Waals surface area contributed by atoms with Crippen LogP contribution in [0.4, 0.5) is 11.8 Å². The lowest BCUT2D eigenvalue weighted by molar-refractivity contribution is -0.138. The number of nitrogens with zero attached hydrogens (tertiary/aromatic N) is 7. The van der Waals surface area contributed by atoms with Gasteiger partial charge < -0.3 is 20.9 Å². The molecule has 2 aliphatic heterocycles. The van der Waals surface area contributed by atoms with E-state index in [9.17, 15) is 14.4 Å². The number of rotatable bonds is 7. The predicted octanol–water partition coefficient (Wildman–Crippen LogP) is 2.59. The van der Waals surface area contributed by atoms with Crippen LogP contribution < -0.4 is 16.0 Å². The first-order valence-corrected chi connectivity index (χ1v) is 14.8. The smallest absolute Gasteiger partial charge is 0.269 e. The molecule has 2 fully saturated rings. The van der Waals surface area contributed by atoms with Gasteiger partial charge in [-0.25, -0.2) is 15.0 Å². The van der Waals surface area contributed by atoms with Gasteiger partial charge in [-0.15, -0.1) is 0 Å². The molecule has 3 atom stereocenters. The topological polar surface area (TPSA) is 152 Å². The number of halogens is 1. The van der Waals surface area contributed by atoms with Gasteiger partial charge in [0.15, 0.2) is 5.69 Å². The number of fused-ring (bicyclic) bond motifs is 2. The van der Waals surface area contributed by atoms with Crippen molar-refractivity contribution < 1.29 is 14.4 Å². The van der Waals surface area contributed by atoms with E-state index in [-0.39, 0.29) is 36.0 Å². The highest BCUT2D eigenvalue weighted by Crippen LogP contribution is 2.35. The van der Waals surface area contributed by atoms with Crippen molar-refractivity contribution in [3.8, 4) is 23.0 Å². The second-order valence-corrected chi connectivity index (χ2v) is 11.6. The van der Waals surface area contributed by atoms with Crippen molar-refractivity contribution in [3.05, 3.63) is 59.1 Å².